The second-order valence-corrected chi connectivity index (χ2v) is 4.42. The smallest absolute Gasteiger partial charge is 0.293 e. The molecule has 0 spiro atoms. The summed E-state index contributed by atoms with van der Waals surface area (Å²) < 4.78 is 5.25. The fourth-order valence-corrected chi connectivity index (χ4v) is 2.34. The van der Waals surface area contributed by atoms with E-state index in [1.54, 1.807) is 0 Å². The van der Waals surface area contributed by atoms with Gasteiger partial charge < -0.3 is 4.74 Å². The monoisotopic (exact) mass is 248 g/mol. The van der Waals surface area contributed by atoms with E-state index in [1.165, 1.54) is 0 Å². The maximum Gasteiger partial charge on any atom is 0.293 e. The first-order valence-electron chi connectivity index (χ1n) is 6.16. The van der Waals surface area contributed by atoms with Crippen LogP contribution >= 0.6 is 0 Å². The van der Waals surface area contributed by atoms with E-state index in [2.05, 4.69) is 11.8 Å². The summed E-state index contributed by atoms with van der Waals surface area (Å²) in [5.74, 6) is 6.35. The van der Waals surface area contributed by atoms with Gasteiger partial charge >= 0.3 is 0 Å². The van der Waals surface area contributed by atoms with Gasteiger partial charge in [0.05, 0.1) is 0 Å². The van der Waals surface area contributed by atoms with Crippen LogP contribution < -0.4 is 0 Å². The molecule has 1 unspecified atom stereocenters. The first-order valence-corrected chi connectivity index (χ1v) is 6.16. The lowest BCUT2D eigenvalue weighted by atomic mass is 9.92. The van der Waals surface area contributed by atoms with Crippen LogP contribution in [0.1, 0.15) is 28.4 Å². The molecule has 0 amide bonds. The summed E-state index contributed by atoms with van der Waals surface area (Å²) >= 11 is 0. The number of fused-ring (bicyclic) bond motifs is 2. The van der Waals surface area contributed by atoms with Gasteiger partial charge in [0.2, 0.25) is 0 Å². The average Bonchev–Trinajstić information content (AvgIpc) is 2.44. The fraction of sp³-hybridized carbons (Fsp3) is 0.118. The van der Waals surface area contributed by atoms with Crippen molar-refractivity contribution in [2.45, 2.75) is 12.5 Å². The zero-order valence-electron chi connectivity index (χ0n) is 10.3. The molecule has 1 aliphatic carbocycles. The van der Waals surface area contributed by atoms with Crippen molar-refractivity contribution in [2.24, 2.45) is 0 Å². The molecule has 0 fully saturated rings. The van der Waals surface area contributed by atoms with E-state index in [-0.39, 0.29) is 6.10 Å². The van der Waals surface area contributed by atoms with Gasteiger partial charge in [0, 0.05) is 23.1 Å². The minimum atomic E-state index is -0.274. The highest BCUT2D eigenvalue weighted by molar-refractivity contribution is 5.53. The lowest BCUT2D eigenvalue weighted by molar-refractivity contribution is -0.133. The number of rotatable bonds is 2. The van der Waals surface area contributed by atoms with Crippen LogP contribution in [-0.2, 0) is 16.0 Å². The molecular weight excluding hydrogens is 236 g/mol. The molecular formula is C17H12O2. The predicted octanol–water partition coefficient (Wildman–Crippen LogP) is 2.86. The summed E-state index contributed by atoms with van der Waals surface area (Å²) in [4.78, 5) is 10.7. The minimum absolute atomic E-state index is 0.274. The van der Waals surface area contributed by atoms with Gasteiger partial charge in [0.15, 0.2) is 0 Å². The number of carbonyl (C=O) groups excluding carboxylic acids is 1. The zero-order valence-corrected chi connectivity index (χ0v) is 10.3. The third-order valence-electron chi connectivity index (χ3n) is 3.28. The third kappa shape index (κ3) is 2.23. The van der Waals surface area contributed by atoms with Gasteiger partial charge in [-0.3, -0.25) is 4.79 Å². The van der Waals surface area contributed by atoms with E-state index in [0.717, 1.165) is 22.3 Å². The molecule has 0 radical (unpaired) electrons. The maximum atomic E-state index is 10.7. The minimum Gasteiger partial charge on any atom is -0.459 e. The Bertz CT molecular complexity index is 677. The normalized spacial score (nSPS) is 15.9. The molecule has 2 aromatic carbocycles. The van der Waals surface area contributed by atoms with E-state index in [9.17, 15) is 4.79 Å². The summed E-state index contributed by atoms with van der Waals surface area (Å²) in [5, 5.41) is 0. The van der Waals surface area contributed by atoms with Crippen molar-refractivity contribution in [3.8, 4) is 11.8 Å². The van der Waals surface area contributed by atoms with Crippen LogP contribution in [0, 0.1) is 11.8 Å². The Morgan fingerprint density at radius 3 is 2.53 bits per heavy atom. The molecule has 0 aromatic heterocycles. The lowest BCUT2D eigenvalue weighted by Gasteiger charge is -2.19. The van der Waals surface area contributed by atoms with E-state index < -0.39 is 0 Å². The molecule has 0 N–H and O–H groups in total. The molecule has 0 saturated heterocycles. The predicted molar refractivity (Wildman–Crippen MR) is 72.5 cm³/mol. The van der Waals surface area contributed by atoms with E-state index >= 15 is 0 Å². The highest BCUT2D eigenvalue weighted by Gasteiger charge is 2.19. The summed E-state index contributed by atoms with van der Waals surface area (Å²) in [5.41, 5.74) is 3.99. The van der Waals surface area contributed by atoms with Crippen LogP contribution in [0.15, 0.2) is 48.5 Å². The Morgan fingerprint density at radius 1 is 1.00 bits per heavy atom. The quantitative estimate of drug-likeness (QED) is 0.603. The molecule has 1 aliphatic rings. The largest absolute Gasteiger partial charge is 0.459 e. The number of hydrogen-bond acceptors (Lipinski definition) is 2. The van der Waals surface area contributed by atoms with Gasteiger partial charge in [-0.05, 0) is 17.7 Å². The van der Waals surface area contributed by atoms with Crippen LogP contribution in [0.3, 0.4) is 0 Å². The first kappa shape index (κ1) is 11.6. The van der Waals surface area contributed by atoms with Crippen molar-refractivity contribution in [3.63, 3.8) is 0 Å². The lowest BCUT2D eigenvalue weighted by Crippen LogP contribution is -2.11. The van der Waals surface area contributed by atoms with Gasteiger partial charge in [-0.1, -0.05) is 48.2 Å². The topological polar surface area (TPSA) is 26.3 Å². The number of benzene rings is 2. The second kappa shape index (κ2) is 4.99. The van der Waals surface area contributed by atoms with Crippen molar-refractivity contribution in [2.75, 3.05) is 0 Å². The molecule has 19 heavy (non-hydrogen) atoms. The molecule has 0 bridgehead atoms. The molecule has 2 aromatic rings. The Hall–Kier alpha value is -2.53. The van der Waals surface area contributed by atoms with E-state index in [0.29, 0.717) is 12.9 Å². The van der Waals surface area contributed by atoms with Crippen LogP contribution in [0.25, 0.3) is 0 Å². The van der Waals surface area contributed by atoms with Crippen molar-refractivity contribution in [1.29, 1.82) is 0 Å². The average molecular weight is 248 g/mol. The van der Waals surface area contributed by atoms with Crippen LogP contribution in [0.5, 0.6) is 0 Å². The molecule has 2 nitrogen and oxygen atoms in total. The Kier molecular flexibility index (Phi) is 3.04. The van der Waals surface area contributed by atoms with Crippen LogP contribution in [0.4, 0.5) is 0 Å². The summed E-state index contributed by atoms with van der Waals surface area (Å²) in [7, 11) is 0. The van der Waals surface area contributed by atoms with Gasteiger partial charge in [-0.2, -0.15) is 0 Å². The van der Waals surface area contributed by atoms with Gasteiger partial charge in [-0.15, -0.1) is 0 Å². The molecule has 0 heterocycles. The third-order valence-corrected chi connectivity index (χ3v) is 3.28. The number of ether oxygens (including phenoxy) is 1. The SMILES string of the molecule is O=COC1Cc2ccccc2C#Cc2ccccc21. The van der Waals surface area contributed by atoms with Crippen LogP contribution in [0.2, 0.25) is 0 Å². The first-order chi connectivity index (χ1) is 9.38. The highest BCUT2D eigenvalue weighted by Crippen LogP contribution is 2.27. The van der Waals surface area contributed by atoms with Crippen molar-refractivity contribution >= 4 is 6.47 Å². The molecule has 0 saturated carbocycles. The van der Waals surface area contributed by atoms with Crippen molar-refractivity contribution in [3.05, 3.63) is 70.8 Å². The summed E-state index contributed by atoms with van der Waals surface area (Å²) in [6.45, 7) is 0.513. The zero-order chi connectivity index (χ0) is 13.1. The Labute approximate surface area is 112 Å². The maximum absolute atomic E-state index is 10.7. The number of carbonyl (C=O) groups is 1. The molecule has 3 rings (SSSR count). The van der Waals surface area contributed by atoms with Gasteiger partial charge in [-0.25, -0.2) is 0 Å². The van der Waals surface area contributed by atoms with E-state index in [1.807, 2.05) is 48.5 Å². The van der Waals surface area contributed by atoms with E-state index in [4.69, 9.17) is 4.74 Å². The molecule has 2 heteroatoms. The van der Waals surface area contributed by atoms with Crippen molar-refractivity contribution < 1.29 is 9.53 Å². The fourth-order valence-electron chi connectivity index (χ4n) is 2.34. The highest BCUT2D eigenvalue weighted by atomic mass is 16.5. The Morgan fingerprint density at radius 2 is 1.68 bits per heavy atom. The van der Waals surface area contributed by atoms with Crippen molar-refractivity contribution in [1.82, 2.24) is 0 Å². The van der Waals surface area contributed by atoms with Gasteiger partial charge in [0.25, 0.3) is 6.47 Å². The summed E-state index contributed by atoms with van der Waals surface area (Å²) in [6.07, 6.45) is 0.380. The van der Waals surface area contributed by atoms with Crippen LogP contribution in [-0.4, -0.2) is 6.47 Å². The van der Waals surface area contributed by atoms with Gasteiger partial charge in [0.1, 0.15) is 6.10 Å². The molecule has 0 aliphatic heterocycles. The number of hydrogen-bond donors (Lipinski definition) is 0. The Balaban J connectivity index is 2.17. The molecule has 92 valence electrons. The standard InChI is InChI=1S/C17H12O2/c18-12-19-17-11-15-7-2-1-5-13(15)9-10-14-6-3-4-8-16(14)17/h1-8,12,17H,11H2. The second-order valence-electron chi connectivity index (χ2n) is 4.42. The summed E-state index contributed by atoms with van der Waals surface area (Å²) in [6, 6.07) is 15.8. The molecule has 1 atom stereocenters.